The molecule has 0 saturated heterocycles. The van der Waals surface area contributed by atoms with Crippen molar-refractivity contribution < 1.29 is 14.2 Å². The highest BCUT2D eigenvalue weighted by atomic mass is 79.9. The minimum atomic E-state index is -0.864. The van der Waals surface area contributed by atoms with Crippen molar-refractivity contribution in [2.45, 2.75) is 13.0 Å². The predicted molar refractivity (Wildman–Crippen MR) is 75.9 cm³/mol. The number of hydrogen-bond acceptors (Lipinski definition) is 2. The average molecular weight is 325 g/mol. The van der Waals surface area contributed by atoms with Crippen LogP contribution in [0.1, 0.15) is 22.8 Å². The quantitative estimate of drug-likeness (QED) is 0.925. The van der Waals surface area contributed by atoms with E-state index in [1.54, 1.807) is 6.07 Å². The molecular weight excluding hydrogens is 311 g/mol. The third kappa shape index (κ3) is 2.96. The number of hydrogen-bond donors (Lipinski definition) is 1. The number of aliphatic hydroxyl groups is 1. The first-order valence-electron chi connectivity index (χ1n) is 5.80. The fraction of sp³-hybridized carbons (Fsp3) is 0.200. The van der Waals surface area contributed by atoms with Crippen molar-refractivity contribution in [3.63, 3.8) is 0 Å². The van der Waals surface area contributed by atoms with Gasteiger partial charge in [-0.05, 0) is 41.8 Å². The summed E-state index contributed by atoms with van der Waals surface area (Å²) in [4.78, 5) is 0. The number of benzene rings is 2. The average Bonchev–Trinajstić information content (AvgIpc) is 2.41. The lowest BCUT2D eigenvalue weighted by Crippen LogP contribution is -2.01. The monoisotopic (exact) mass is 324 g/mol. The van der Waals surface area contributed by atoms with Gasteiger partial charge in [0.1, 0.15) is 6.10 Å². The minimum Gasteiger partial charge on any atom is -0.494 e. The van der Waals surface area contributed by atoms with Gasteiger partial charge in [0.05, 0.1) is 7.11 Å². The van der Waals surface area contributed by atoms with E-state index in [1.165, 1.54) is 19.2 Å². The van der Waals surface area contributed by atoms with Crippen LogP contribution in [0.5, 0.6) is 5.75 Å². The van der Waals surface area contributed by atoms with E-state index in [9.17, 15) is 9.50 Å². The Morgan fingerprint density at radius 2 is 1.79 bits per heavy atom. The Labute approximate surface area is 120 Å². The lowest BCUT2D eigenvalue weighted by molar-refractivity contribution is 0.219. The molecule has 0 saturated carbocycles. The van der Waals surface area contributed by atoms with Crippen LogP contribution in [-0.2, 0) is 0 Å². The molecule has 1 atom stereocenters. The number of methoxy groups -OCH3 is 1. The Hall–Kier alpha value is -1.39. The van der Waals surface area contributed by atoms with Crippen molar-refractivity contribution in [1.29, 1.82) is 0 Å². The van der Waals surface area contributed by atoms with E-state index in [2.05, 4.69) is 15.9 Å². The Balaban J connectivity index is 2.35. The summed E-state index contributed by atoms with van der Waals surface area (Å²) in [7, 11) is 1.41. The zero-order chi connectivity index (χ0) is 14.0. The second-order valence-corrected chi connectivity index (χ2v) is 5.16. The van der Waals surface area contributed by atoms with Crippen LogP contribution in [0.2, 0.25) is 0 Å². The highest BCUT2D eigenvalue weighted by molar-refractivity contribution is 9.10. The predicted octanol–water partition coefficient (Wildman–Crippen LogP) is 3.99. The number of rotatable bonds is 3. The SMILES string of the molecule is COc1ccc(C(O)c2ccc(C)c(Br)c2)cc1F. The van der Waals surface area contributed by atoms with Gasteiger partial charge in [0.15, 0.2) is 11.6 Å². The smallest absolute Gasteiger partial charge is 0.165 e. The Kier molecular flexibility index (Phi) is 4.22. The van der Waals surface area contributed by atoms with Gasteiger partial charge in [0, 0.05) is 4.47 Å². The molecule has 1 N–H and O–H groups in total. The number of aryl methyl sites for hydroxylation is 1. The molecule has 0 spiro atoms. The summed E-state index contributed by atoms with van der Waals surface area (Å²) in [6.07, 6.45) is -0.864. The summed E-state index contributed by atoms with van der Waals surface area (Å²) in [5.41, 5.74) is 2.29. The molecule has 0 radical (unpaired) electrons. The second-order valence-electron chi connectivity index (χ2n) is 4.31. The van der Waals surface area contributed by atoms with Crippen LogP contribution in [-0.4, -0.2) is 12.2 Å². The van der Waals surface area contributed by atoms with E-state index < -0.39 is 11.9 Å². The zero-order valence-electron chi connectivity index (χ0n) is 10.7. The number of aliphatic hydroxyl groups excluding tert-OH is 1. The van der Waals surface area contributed by atoms with E-state index in [1.807, 2.05) is 25.1 Å². The molecule has 100 valence electrons. The molecule has 0 fully saturated rings. The normalized spacial score (nSPS) is 12.3. The molecule has 0 heterocycles. The van der Waals surface area contributed by atoms with E-state index >= 15 is 0 Å². The van der Waals surface area contributed by atoms with Gasteiger partial charge in [-0.1, -0.05) is 34.1 Å². The van der Waals surface area contributed by atoms with Crippen molar-refractivity contribution in [3.8, 4) is 5.75 Å². The second kappa shape index (κ2) is 5.72. The van der Waals surface area contributed by atoms with Crippen LogP contribution in [0.15, 0.2) is 40.9 Å². The molecule has 0 aliphatic heterocycles. The van der Waals surface area contributed by atoms with Crippen LogP contribution in [0.3, 0.4) is 0 Å². The highest BCUT2D eigenvalue weighted by Crippen LogP contribution is 2.28. The van der Waals surface area contributed by atoms with Gasteiger partial charge >= 0.3 is 0 Å². The molecule has 0 aromatic heterocycles. The fourth-order valence-corrected chi connectivity index (χ4v) is 2.22. The first-order chi connectivity index (χ1) is 9.02. The van der Waals surface area contributed by atoms with E-state index in [-0.39, 0.29) is 5.75 Å². The summed E-state index contributed by atoms with van der Waals surface area (Å²) >= 11 is 3.42. The van der Waals surface area contributed by atoms with E-state index in [4.69, 9.17) is 4.74 Å². The van der Waals surface area contributed by atoms with Gasteiger partial charge in [-0.25, -0.2) is 4.39 Å². The van der Waals surface area contributed by atoms with Crippen LogP contribution < -0.4 is 4.74 Å². The van der Waals surface area contributed by atoms with E-state index in [0.29, 0.717) is 11.1 Å². The van der Waals surface area contributed by atoms with Gasteiger partial charge in [-0.3, -0.25) is 0 Å². The molecule has 2 aromatic carbocycles. The van der Waals surface area contributed by atoms with Crippen molar-refractivity contribution in [2.75, 3.05) is 7.11 Å². The lowest BCUT2D eigenvalue weighted by Gasteiger charge is -2.13. The molecule has 0 aliphatic carbocycles. The topological polar surface area (TPSA) is 29.5 Å². The third-order valence-electron chi connectivity index (χ3n) is 3.00. The maximum Gasteiger partial charge on any atom is 0.165 e. The van der Waals surface area contributed by atoms with Crippen molar-refractivity contribution in [2.24, 2.45) is 0 Å². The minimum absolute atomic E-state index is 0.168. The Morgan fingerprint density at radius 1 is 1.16 bits per heavy atom. The largest absolute Gasteiger partial charge is 0.494 e. The highest BCUT2D eigenvalue weighted by Gasteiger charge is 2.14. The summed E-state index contributed by atoms with van der Waals surface area (Å²) in [5, 5.41) is 10.3. The van der Waals surface area contributed by atoms with Crippen LogP contribution >= 0.6 is 15.9 Å². The van der Waals surface area contributed by atoms with Crippen LogP contribution in [0, 0.1) is 12.7 Å². The van der Waals surface area contributed by atoms with Gasteiger partial charge in [0.2, 0.25) is 0 Å². The standard InChI is InChI=1S/C15H14BrFO2/c1-9-3-4-10(7-12(9)16)15(18)11-5-6-14(19-2)13(17)8-11/h3-8,15,18H,1-2H3. The van der Waals surface area contributed by atoms with Gasteiger partial charge in [-0.15, -0.1) is 0 Å². The van der Waals surface area contributed by atoms with Crippen molar-refractivity contribution in [1.82, 2.24) is 0 Å². The number of halogens is 2. The van der Waals surface area contributed by atoms with Crippen LogP contribution in [0.4, 0.5) is 4.39 Å². The molecule has 4 heteroatoms. The molecule has 1 unspecified atom stereocenters. The fourth-order valence-electron chi connectivity index (χ4n) is 1.82. The van der Waals surface area contributed by atoms with Crippen LogP contribution in [0.25, 0.3) is 0 Å². The zero-order valence-corrected chi connectivity index (χ0v) is 12.2. The molecule has 0 bridgehead atoms. The van der Waals surface area contributed by atoms with Crippen molar-refractivity contribution in [3.05, 3.63) is 63.4 Å². The molecule has 2 nitrogen and oxygen atoms in total. The number of ether oxygens (including phenoxy) is 1. The third-order valence-corrected chi connectivity index (χ3v) is 3.86. The van der Waals surface area contributed by atoms with E-state index in [0.717, 1.165) is 10.0 Å². The lowest BCUT2D eigenvalue weighted by atomic mass is 10.0. The Morgan fingerprint density at radius 3 is 2.37 bits per heavy atom. The maximum absolute atomic E-state index is 13.6. The first kappa shape index (κ1) is 14.0. The molecule has 2 rings (SSSR count). The molecule has 2 aromatic rings. The summed E-state index contributed by atoms with van der Waals surface area (Å²) in [6, 6.07) is 10.0. The van der Waals surface area contributed by atoms with Gasteiger partial charge < -0.3 is 9.84 Å². The Bertz CT molecular complexity index is 599. The molecule has 0 aliphatic rings. The van der Waals surface area contributed by atoms with Gasteiger partial charge in [0.25, 0.3) is 0 Å². The molecule has 19 heavy (non-hydrogen) atoms. The van der Waals surface area contributed by atoms with Crippen molar-refractivity contribution >= 4 is 15.9 Å². The molecule has 0 amide bonds. The summed E-state index contributed by atoms with van der Waals surface area (Å²) in [5.74, 6) is -0.314. The molecular formula is C15H14BrFO2. The van der Waals surface area contributed by atoms with Gasteiger partial charge in [-0.2, -0.15) is 0 Å². The maximum atomic E-state index is 13.6. The summed E-state index contributed by atoms with van der Waals surface area (Å²) < 4.78 is 19.4. The first-order valence-corrected chi connectivity index (χ1v) is 6.59. The summed E-state index contributed by atoms with van der Waals surface area (Å²) in [6.45, 7) is 1.97.